The van der Waals surface area contributed by atoms with E-state index in [1.165, 1.54) is 18.4 Å². The van der Waals surface area contributed by atoms with Crippen molar-refractivity contribution in [3.63, 3.8) is 0 Å². The van der Waals surface area contributed by atoms with E-state index in [0.717, 1.165) is 35.5 Å². The number of para-hydroxylation sites is 1. The average molecular weight is 402 g/mol. The van der Waals surface area contributed by atoms with Crippen LogP contribution in [0.1, 0.15) is 43.2 Å². The zero-order valence-electron chi connectivity index (χ0n) is 16.3. The van der Waals surface area contributed by atoms with Gasteiger partial charge < -0.3 is 0 Å². The maximum Gasteiger partial charge on any atom is 0.262 e. The van der Waals surface area contributed by atoms with E-state index in [9.17, 15) is 4.79 Å². The average Bonchev–Trinajstić information content (AvgIpc) is 2.78. The molecule has 0 radical (unpaired) electrons. The molecule has 0 unspecified atom stereocenters. The lowest BCUT2D eigenvalue weighted by Crippen LogP contribution is -2.23. The first-order valence-corrected chi connectivity index (χ1v) is 11.0. The van der Waals surface area contributed by atoms with Crippen LogP contribution in [0.2, 0.25) is 0 Å². The number of nitrogens with zero attached hydrogens (tertiary/aromatic N) is 3. The van der Waals surface area contributed by atoms with E-state index in [1.807, 2.05) is 53.1 Å². The molecule has 0 atom stereocenters. The Morgan fingerprint density at radius 1 is 1.10 bits per heavy atom. The molecule has 1 aliphatic carbocycles. The van der Waals surface area contributed by atoms with E-state index in [4.69, 9.17) is 10.2 Å². The normalized spacial score (nSPS) is 13.8. The molecule has 0 aliphatic heterocycles. The number of benzene rings is 2. The second-order valence-electron chi connectivity index (χ2n) is 7.32. The Labute approximate surface area is 174 Å². The molecule has 1 aromatic heterocycles. The van der Waals surface area contributed by atoms with Crippen molar-refractivity contribution in [1.29, 1.82) is 5.26 Å². The lowest BCUT2D eigenvalue weighted by Gasteiger charge is -2.16. The van der Waals surface area contributed by atoms with Crippen LogP contribution < -0.4 is 5.56 Å². The Balaban J connectivity index is 1.62. The van der Waals surface area contributed by atoms with E-state index >= 15 is 0 Å². The van der Waals surface area contributed by atoms with Gasteiger partial charge in [-0.2, -0.15) is 5.26 Å². The molecular formula is C24H23N3OS. The molecule has 0 fully saturated rings. The molecule has 146 valence electrons. The van der Waals surface area contributed by atoms with Crippen molar-refractivity contribution < 1.29 is 0 Å². The van der Waals surface area contributed by atoms with Gasteiger partial charge in [0.05, 0.1) is 22.5 Å². The molecule has 0 spiro atoms. The molecule has 0 bridgehead atoms. The van der Waals surface area contributed by atoms with Gasteiger partial charge in [-0.1, -0.05) is 47.7 Å². The van der Waals surface area contributed by atoms with E-state index in [2.05, 4.69) is 12.1 Å². The first-order valence-electron chi connectivity index (χ1n) is 10.0. The zero-order valence-corrected chi connectivity index (χ0v) is 17.1. The number of hydrogen-bond acceptors (Lipinski definition) is 4. The summed E-state index contributed by atoms with van der Waals surface area (Å²) < 4.78 is 1.84. The molecule has 3 aromatic rings. The summed E-state index contributed by atoms with van der Waals surface area (Å²) in [7, 11) is 0. The minimum atomic E-state index is 0.0364. The number of thioether (sulfide) groups is 1. The fourth-order valence-electron chi connectivity index (χ4n) is 3.67. The third-order valence-corrected chi connectivity index (χ3v) is 6.37. The smallest absolute Gasteiger partial charge is 0.262 e. The second-order valence-corrected chi connectivity index (χ2v) is 8.27. The van der Waals surface area contributed by atoms with Crippen molar-refractivity contribution in [2.24, 2.45) is 0 Å². The fourth-order valence-corrected chi connectivity index (χ4v) is 4.65. The zero-order chi connectivity index (χ0) is 20.1. The third kappa shape index (κ3) is 4.60. The molecule has 29 heavy (non-hydrogen) atoms. The van der Waals surface area contributed by atoms with Crippen molar-refractivity contribution in [3.05, 3.63) is 81.7 Å². The Bertz CT molecular complexity index is 1140. The van der Waals surface area contributed by atoms with Crippen LogP contribution in [-0.2, 0) is 12.3 Å². The Kier molecular flexibility index (Phi) is 6.12. The molecule has 5 heteroatoms. The van der Waals surface area contributed by atoms with Crippen molar-refractivity contribution in [2.45, 2.75) is 49.6 Å². The van der Waals surface area contributed by atoms with Gasteiger partial charge in [-0.3, -0.25) is 9.36 Å². The standard InChI is InChI=1S/C24H23N3OS/c25-16-19-10-12-20(13-11-19)17-29-24-26-22-9-5-4-8-21(22)23(28)27(24)15-14-18-6-2-1-3-7-18/h4-6,8-13H,1-3,7,14-15,17H2. The quantitative estimate of drug-likeness (QED) is 0.313. The lowest BCUT2D eigenvalue weighted by atomic mass is 9.97. The highest BCUT2D eigenvalue weighted by Gasteiger charge is 2.13. The van der Waals surface area contributed by atoms with Crippen LogP contribution in [-0.4, -0.2) is 9.55 Å². The highest BCUT2D eigenvalue weighted by atomic mass is 32.2. The summed E-state index contributed by atoms with van der Waals surface area (Å²) in [5.74, 6) is 0.708. The van der Waals surface area contributed by atoms with Crippen LogP contribution in [0.5, 0.6) is 0 Å². The first kappa shape index (κ1) is 19.5. The number of aromatic nitrogens is 2. The van der Waals surface area contributed by atoms with Crippen LogP contribution in [0.4, 0.5) is 0 Å². The molecule has 4 nitrogen and oxygen atoms in total. The molecule has 0 saturated carbocycles. The molecule has 4 rings (SSSR count). The Hall–Kier alpha value is -2.84. The van der Waals surface area contributed by atoms with E-state index < -0.39 is 0 Å². The molecule has 0 amide bonds. The lowest BCUT2D eigenvalue weighted by molar-refractivity contribution is 0.569. The highest BCUT2D eigenvalue weighted by molar-refractivity contribution is 7.98. The summed E-state index contributed by atoms with van der Waals surface area (Å²) in [6.45, 7) is 0.665. The van der Waals surface area contributed by atoms with E-state index in [0.29, 0.717) is 23.2 Å². The van der Waals surface area contributed by atoms with Crippen molar-refractivity contribution in [1.82, 2.24) is 9.55 Å². The number of rotatable bonds is 6. The predicted molar refractivity (Wildman–Crippen MR) is 118 cm³/mol. The summed E-state index contributed by atoms with van der Waals surface area (Å²) in [6, 6.07) is 17.3. The fraction of sp³-hybridized carbons (Fsp3) is 0.292. The number of fused-ring (bicyclic) bond motifs is 1. The van der Waals surface area contributed by atoms with Gasteiger partial charge in [0.25, 0.3) is 5.56 Å². The molecule has 2 aromatic carbocycles. The van der Waals surface area contributed by atoms with Gasteiger partial charge in [0, 0.05) is 12.3 Å². The Morgan fingerprint density at radius 3 is 2.69 bits per heavy atom. The minimum absolute atomic E-state index is 0.0364. The third-order valence-electron chi connectivity index (χ3n) is 5.32. The SMILES string of the molecule is N#Cc1ccc(CSc2nc3ccccc3c(=O)n2CCC2=CCCCC2)cc1. The number of nitriles is 1. The van der Waals surface area contributed by atoms with Crippen LogP contribution in [0, 0.1) is 11.3 Å². The molecule has 0 saturated heterocycles. The van der Waals surface area contributed by atoms with Gasteiger partial charge in [-0.25, -0.2) is 4.98 Å². The van der Waals surface area contributed by atoms with Gasteiger partial charge in [0.2, 0.25) is 0 Å². The second kappa shape index (κ2) is 9.11. The van der Waals surface area contributed by atoms with Crippen molar-refractivity contribution in [2.75, 3.05) is 0 Å². The first-order chi connectivity index (χ1) is 14.2. The maximum absolute atomic E-state index is 13.2. The van der Waals surface area contributed by atoms with Gasteiger partial charge in [-0.05, 0) is 61.9 Å². The monoisotopic (exact) mass is 401 g/mol. The van der Waals surface area contributed by atoms with Crippen LogP contribution in [0.3, 0.4) is 0 Å². The summed E-state index contributed by atoms with van der Waals surface area (Å²) in [5, 5.41) is 10.4. The van der Waals surface area contributed by atoms with Gasteiger partial charge in [0.1, 0.15) is 0 Å². The summed E-state index contributed by atoms with van der Waals surface area (Å²) in [6.07, 6.45) is 8.06. The van der Waals surface area contributed by atoms with Gasteiger partial charge in [-0.15, -0.1) is 0 Å². The molecule has 1 aliphatic rings. The van der Waals surface area contributed by atoms with Gasteiger partial charge >= 0.3 is 0 Å². The van der Waals surface area contributed by atoms with E-state index in [1.54, 1.807) is 11.8 Å². The van der Waals surface area contributed by atoms with Crippen LogP contribution in [0.15, 0.2) is 70.1 Å². The Morgan fingerprint density at radius 2 is 1.93 bits per heavy atom. The summed E-state index contributed by atoms with van der Waals surface area (Å²) >= 11 is 1.58. The summed E-state index contributed by atoms with van der Waals surface area (Å²) in [5.41, 5.74) is 4.00. The minimum Gasteiger partial charge on any atom is -0.287 e. The highest BCUT2D eigenvalue weighted by Crippen LogP contribution is 2.25. The van der Waals surface area contributed by atoms with Gasteiger partial charge in [0.15, 0.2) is 5.16 Å². The number of hydrogen-bond donors (Lipinski definition) is 0. The maximum atomic E-state index is 13.2. The molecular weight excluding hydrogens is 378 g/mol. The predicted octanol–water partition coefficient (Wildman–Crippen LogP) is 5.45. The van der Waals surface area contributed by atoms with Crippen molar-refractivity contribution >= 4 is 22.7 Å². The number of allylic oxidation sites excluding steroid dienone is 2. The molecule has 0 N–H and O–H groups in total. The largest absolute Gasteiger partial charge is 0.287 e. The summed E-state index contributed by atoms with van der Waals surface area (Å²) in [4.78, 5) is 18.0. The van der Waals surface area contributed by atoms with Crippen molar-refractivity contribution in [3.8, 4) is 6.07 Å². The van der Waals surface area contributed by atoms with Crippen LogP contribution >= 0.6 is 11.8 Å². The van der Waals surface area contributed by atoms with E-state index in [-0.39, 0.29) is 5.56 Å². The topological polar surface area (TPSA) is 58.7 Å². The molecule has 1 heterocycles. The van der Waals surface area contributed by atoms with Crippen LogP contribution in [0.25, 0.3) is 10.9 Å².